The SMILES string of the molecule is O=[N+]([O-])c1cc(C2CC2)ccc1Br. The average Bonchev–Trinajstić information content (AvgIpc) is 2.87. The summed E-state index contributed by atoms with van der Waals surface area (Å²) in [6, 6.07) is 5.38. The Hall–Kier alpha value is -0.900. The Balaban J connectivity index is 2.41. The lowest BCUT2D eigenvalue weighted by Crippen LogP contribution is -1.90. The normalized spacial score (nSPS) is 15.8. The molecule has 2 rings (SSSR count). The van der Waals surface area contributed by atoms with Gasteiger partial charge in [-0.3, -0.25) is 10.1 Å². The summed E-state index contributed by atoms with van der Waals surface area (Å²) in [5.41, 5.74) is 1.26. The zero-order valence-electron chi connectivity index (χ0n) is 6.87. The first-order chi connectivity index (χ1) is 6.18. The standard InChI is InChI=1S/C9H8BrNO2/c10-8-4-3-7(6-1-2-6)5-9(8)11(12)13/h3-6H,1-2H2. The molecule has 13 heavy (non-hydrogen) atoms. The molecule has 0 atom stereocenters. The van der Waals surface area contributed by atoms with E-state index in [2.05, 4.69) is 15.9 Å². The lowest BCUT2D eigenvalue weighted by atomic mass is 10.1. The monoisotopic (exact) mass is 241 g/mol. The van der Waals surface area contributed by atoms with Crippen LogP contribution < -0.4 is 0 Å². The van der Waals surface area contributed by atoms with Gasteiger partial charge in [0.2, 0.25) is 0 Å². The minimum Gasteiger partial charge on any atom is -0.258 e. The Morgan fingerprint density at radius 1 is 1.46 bits per heavy atom. The van der Waals surface area contributed by atoms with Crippen molar-refractivity contribution in [1.29, 1.82) is 0 Å². The van der Waals surface area contributed by atoms with E-state index < -0.39 is 0 Å². The third-order valence-electron chi connectivity index (χ3n) is 2.22. The summed E-state index contributed by atoms with van der Waals surface area (Å²) < 4.78 is 0.557. The Labute approximate surface area is 84.0 Å². The summed E-state index contributed by atoms with van der Waals surface area (Å²) in [6.45, 7) is 0. The smallest absolute Gasteiger partial charge is 0.258 e. The molecule has 4 heteroatoms. The fourth-order valence-corrected chi connectivity index (χ4v) is 1.73. The van der Waals surface area contributed by atoms with Crippen LogP contribution in [-0.2, 0) is 0 Å². The quantitative estimate of drug-likeness (QED) is 0.590. The minimum absolute atomic E-state index is 0.171. The van der Waals surface area contributed by atoms with Crippen LogP contribution in [-0.4, -0.2) is 4.92 Å². The predicted octanol–water partition coefficient (Wildman–Crippen LogP) is 3.23. The van der Waals surface area contributed by atoms with Gasteiger partial charge >= 0.3 is 0 Å². The second kappa shape index (κ2) is 3.10. The van der Waals surface area contributed by atoms with E-state index in [1.165, 1.54) is 12.8 Å². The predicted molar refractivity (Wildman–Crippen MR) is 52.8 cm³/mol. The van der Waals surface area contributed by atoms with Gasteiger partial charge in [0.05, 0.1) is 9.40 Å². The second-order valence-electron chi connectivity index (χ2n) is 3.24. The number of nitro groups is 1. The van der Waals surface area contributed by atoms with E-state index in [1.807, 2.05) is 6.07 Å². The summed E-state index contributed by atoms with van der Waals surface area (Å²) >= 11 is 3.16. The topological polar surface area (TPSA) is 43.1 Å². The molecule has 0 spiro atoms. The lowest BCUT2D eigenvalue weighted by Gasteiger charge is -1.99. The summed E-state index contributed by atoms with van der Waals surface area (Å²) in [6.07, 6.45) is 2.33. The summed E-state index contributed by atoms with van der Waals surface area (Å²) in [5, 5.41) is 10.6. The Kier molecular flexibility index (Phi) is 2.07. The van der Waals surface area contributed by atoms with Gasteiger partial charge in [-0.25, -0.2) is 0 Å². The molecule has 1 saturated carbocycles. The minimum atomic E-state index is -0.351. The van der Waals surface area contributed by atoms with Gasteiger partial charge in [-0.05, 0) is 46.3 Å². The van der Waals surface area contributed by atoms with Crippen LogP contribution >= 0.6 is 15.9 Å². The average molecular weight is 242 g/mol. The van der Waals surface area contributed by atoms with E-state index in [-0.39, 0.29) is 10.6 Å². The number of hydrogen-bond acceptors (Lipinski definition) is 2. The summed E-state index contributed by atoms with van der Waals surface area (Å²) in [4.78, 5) is 10.2. The van der Waals surface area contributed by atoms with Gasteiger partial charge in [0.25, 0.3) is 5.69 Å². The van der Waals surface area contributed by atoms with Crippen LogP contribution in [0.3, 0.4) is 0 Å². The van der Waals surface area contributed by atoms with Crippen LogP contribution in [0.15, 0.2) is 22.7 Å². The van der Waals surface area contributed by atoms with E-state index >= 15 is 0 Å². The maximum atomic E-state index is 10.6. The third kappa shape index (κ3) is 1.72. The summed E-state index contributed by atoms with van der Waals surface area (Å²) in [7, 11) is 0. The first-order valence-corrected chi connectivity index (χ1v) is 4.91. The molecule has 1 aliphatic carbocycles. The van der Waals surface area contributed by atoms with Gasteiger partial charge in [-0.2, -0.15) is 0 Å². The van der Waals surface area contributed by atoms with Crippen molar-refractivity contribution in [2.75, 3.05) is 0 Å². The van der Waals surface area contributed by atoms with Crippen molar-refractivity contribution in [3.8, 4) is 0 Å². The molecule has 0 saturated heterocycles. The maximum Gasteiger partial charge on any atom is 0.283 e. The fraction of sp³-hybridized carbons (Fsp3) is 0.333. The highest BCUT2D eigenvalue weighted by Crippen LogP contribution is 2.42. The van der Waals surface area contributed by atoms with Gasteiger partial charge in [0.15, 0.2) is 0 Å². The molecule has 0 unspecified atom stereocenters. The molecule has 0 heterocycles. The molecule has 1 aliphatic rings. The van der Waals surface area contributed by atoms with Gasteiger partial charge in [0.1, 0.15) is 0 Å². The molecule has 0 amide bonds. The number of benzene rings is 1. The zero-order chi connectivity index (χ0) is 9.42. The molecule has 0 bridgehead atoms. The molecule has 0 radical (unpaired) electrons. The van der Waals surface area contributed by atoms with E-state index in [0.29, 0.717) is 10.4 Å². The number of halogens is 1. The van der Waals surface area contributed by atoms with Crippen molar-refractivity contribution in [2.45, 2.75) is 18.8 Å². The number of nitro benzene ring substituents is 1. The highest BCUT2D eigenvalue weighted by molar-refractivity contribution is 9.10. The van der Waals surface area contributed by atoms with Crippen LogP contribution in [0.25, 0.3) is 0 Å². The molecule has 0 N–H and O–H groups in total. The van der Waals surface area contributed by atoms with Crippen molar-refractivity contribution in [3.05, 3.63) is 38.3 Å². The van der Waals surface area contributed by atoms with Gasteiger partial charge in [0, 0.05) is 6.07 Å². The van der Waals surface area contributed by atoms with Crippen molar-refractivity contribution in [1.82, 2.24) is 0 Å². The Bertz CT molecular complexity index is 361. The summed E-state index contributed by atoms with van der Waals surface area (Å²) in [5.74, 6) is 0.562. The molecule has 1 aromatic rings. The van der Waals surface area contributed by atoms with E-state index in [4.69, 9.17) is 0 Å². The van der Waals surface area contributed by atoms with Crippen molar-refractivity contribution < 1.29 is 4.92 Å². The van der Waals surface area contributed by atoms with Crippen LogP contribution in [0.5, 0.6) is 0 Å². The van der Waals surface area contributed by atoms with Crippen LogP contribution in [0, 0.1) is 10.1 Å². The second-order valence-corrected chi connectivity index (χ2v) is 4.10. The van der Waals surface area contributed by atoms with Gasteiger partial charge in [-0.1, -0.05) is 6.07 Å². The fourth-order valence-electron chi connectivity index (χ4n) is 1.34. The van der Waals surface area contributed by atoms with E-state index in [1.54, 1.807) is 12.1 Å². The molecule has 68 valence electrons. The Morgan fingerprint density at radius 3 is 2.69 bits per heavy atom. The van der Waals surface area contributed by atoms with Gasteiger partial charge < -0.3 is 0 Å². The van der Waals surface area contributed by atoms with Crippen LogP contribution in [0.4, 0.5) is 5.69 Å². The van der Waals surface area contributed by atoms with Crippen molar-refractivity contribution >= 4 is 21.6 Å². The molecule has 1 aromatic carbocycles. The van der Waals surface area contributed by atoms with Crippen LogP contribution in [0.2, 0.25) is 0 Å². The largest absolute Gasteiger partial charge is 0.283 e. The van der Waals surface area contributed by atoms with Crippen molar-refractivity contribution in [3.63, 3.8) is 0 Å². The Morgan fingerprint density at radius 2 is 2.15 bits per heavy atom. The molecule has 0 aromatic heterocycles. The lowest BCUT2D eigenvalue weighted by molar-refractivity contribution is -0.385. The van der Waals surface area contributed by atoms with E-state index in [0.717, 1.165) is 5.56 Å². The number of nitrogens with zero attached hydrogens (tertiary/aromatic N) is 1. The maximum absolute atomic E-state index is 10.6. The third-order valence-corrected chi connectivity index (χ3v) is 2.89. The first-order valence-electron chi connectivity index (χ1n) is 4.12. The van der Waals surface area contributed by atoms with Crippen molar-refractivity contribution in [2.24, 2.45) is 0 Å². The number of rotatable bonds is 2. The number of hydrogen-bond donors (Lipinski definition) is 0. The molecule has 0 aliphatic heterocycles. The highest BCUT2D eigenvalue weighted by Gasteiger charge is 2.25. The molecule has 1 fully saturated rings. The highest BCUT2D eigenvalue weighted by atomic mass is 79.9. The van der Waals surface area contributed by atoms with Gasteiger partial charge in [-0.15, -0.1) is 0 Å². The first kappa shape index (κ1) is 8.69. The zero-order valence-corrected chi connectivity index (χ0v) is 8.45. The molecule has 3 nitrogen and oxygen atoms in total. The molecular formula is C9H8BrNO2. The van der Waals surface area contributed by atoms with Crippen LogP contribution in [0.1, 0.15) is 24.3 Å². The van der Waals surface area contributed by atoms with E-state index in [9.17, 15) is 10.1 Å². The molecular weight excluding hydrogens is 234 g/mol.